The third-order valence-electron chi connectivity index (χ3n) is 5.13. The Morgan fingerprint density at radius 3 is 2.45 bits per heavy atom. The number of rotatable bonds is 4. The molecule has 2 atom stereocenters. The third kappa shape index (κ3) is 2.61. The summed E-state index contributed by atoms with van der Waals surface area (Å²) in [6.07, 6.45) is 3.96. The van der Waals surface area contributed by atoms with Crippen LogP contribution in [0.25, 0.3) is 0 Å². The summed E-state index contributed by atoms with van der Waals surface area (Å²) in [5.41, 5.74) is 0.0881. The number of nitrogens with zero attached hydrogens (tertiary/aromatic N) is 2. The molecule has 2 rings (SSSR count). The van der Waals surface area contributed by atoms with Crippen LogP contribution in [0, 0.1) is 5.92 Å². The number of carboxylic acids is 1. The summed E-state index contributed by atoms with van der Waals surface area (Å²) in [6.45, 7) is 2.98. The van der Waals surface area contributed by atoms with Crippen LogP contribution in [-0.2, 0) is 4.79 Å². The van der Waals surface area contributed by atoms with Crippen molar-refractivity contribution in [2.75, 3.05) is 27.2 Å². The number of urea groups is 1. The van der Waals surface area contributed by atoms with Crippen LogP contribution in [0.2, 0.25) is 0 Å². The van der Waals surface area contributed by atoms with Gasteiger partial charge in [-0.15, -0.1) is 0 Å². The van der Waals surface area contributed by atoms with Gasteiger partial charge < -0.3 is 20.2 Å². The first-order valence-electron chi connectivity index (χ1n) is 7.32. The average molecular weight is 283 g/mol. The average Bonchev–Trinajstić information content (AvgIpc) is 2.69. The van der Waals surface area contributed by atoms with Crippen LogP contribution in [0.4, 0.5) is 4.79 Å². The molecule has 1 aliphatic heterocycles. The number of amides is 2. The number of carboxylic acid groups (broad SMARTS) is 1. The van der Waals surface area contributed by atoms with Crippen molar-refractivity contribution in [3.05, 3.63) is 0 Å². The van der Waals surface area contributed by atoms with Gasteiger partial charge >= 0.3 is 12.0 Å². The minimum atomic E-state index is -0.809. The Labute approximate surface area is 120 Å². The first-order chi connectivity index (χ1) is 9.37. The van der Waals surface area contributed by atoms with Gasteiger partial charge in [0.25, 0.3) is 0 Å². The highest BCUT2D eigenvalue weighted by Crippen LogP contribution is 2.35. The fraction of sp³-hybridized carbons (Fsp3) is 0.857. The van der Waals surface area contributed by atoms with Crippen molar-refractivity contribution in [1.82, 2.24) is 15.1 Å². The first-order valence-corrected chi connectivity index (χ1v) is 7.32. The maximum Gasteiger partial charge on any atom is 0.317 e. The lowest BCUT2D eigenvalue weighted by molar-refractivity contribution is -0.142. The van der Waals surface area contributed by atoms with E-state index in [1.807, 2.05) is 21.0 Å². The standard InChI is InChI=1S/C14H25N3O3/c1-10-11(12(18)19)5-8-17(10)13(20)15-9-14(16(2)3)6-4-7-14/h10-11H,4-9H2,1-3H3,(H,15,20)(H,18,19). The van der Waals surface area contributed by atoms with Crippen LogP contribution in [0.1, 0.15) is 32.6 Å². The number of carbonyl (C=O) groups is 2. The summed E-state index contributed by atoms with van der Waals surface area (Å²) < 4.78 is 0. The molecule has 0 aromatic carbocycles. The normalized spacial score (nSPS) is 28.3. The number of nitrogens with one attached hydrogen (secondary N) is 1. The number of carbonyl (C=O) groups excluding carboxylic acids is 1. The molecule has 0 bridgehead atoms. The van der Waals surface area contributed by atoms with Gasteiger partial charge in [0, 0.05) is 24.7 Å². The van der Waals surface area contributed by atoms with E-state index < -0.39 is 11.9 Å². The SMILES string of the molecule is CC1C(C(=O)O)CCN1C(=O)NCC1(N(C)C)CCC1. The van der Waals surface area contributed by atoms with Gasteiger partial charge in [0.05, 0.1) is 5.92 Å². The molecule has 114 valence electrons. The van der Waals surface area contributed by atoms with E-state index in [1.54, 1.807) is 4.90 Å². The van der Waals surface area contributed by atoms with Crippen molar-refractivity contribution in [2.45, 2.75) is 44.2 Å². The Kier molecular flexibility index (Phi) is 4.22. The zero-order valence-corrected chi connectivity index (χ0v) is 12.6. The number of hydrogen-bond donors (Lipinski definition) is 2. The van der Waals surface area contributed by atoms with E-state index >= 15 is 0 Å². The monoisotopic (exact) mass is 283 g/mol. The molecule has 0 spiro atoms. The minimum Gasteiger partial charge on any atom is -0.481 e. The van der Waals surface area contributed by atoms with Gasteiger partial charge in [-0.25, -0.2) is 4.79 Å². The summed E-state index contributed by atoms with van der Waals surface area (Å²) in [6, 6.07) is -0.362. The maximum absolute atomic E-state index is 12.2. The molecule has 0 aromatic heterocycles. The Morgan fingerprint density at radius 2 is 2.05 bits per heavy atom. The smallest absolute Gasteiger partial charge is 0.317 e. The number of likely N-dealkylation sites (N-methyl/N-ethyl adjacent to an activating group) is 1. The molecule has 20 heavy (non-hydrogen) atoms. The molecule has 6 nitrogen and oxygen atoms in total. The van der Waals surface area contributed by atoms with Crippen molar-refractivity contribution in [3.63, 3.8) is 0 Å². The van der Waals surface area contributed by atoms with Gasteiger partial charge in [-0.3, -0.25) is 4.79 Å². The Balaban J connectivity index is 1.88. The molecule has 1 heterocycles. The van der Waals surface area contributed by atoms with Crippen molar-refractivity contribution < 1.29 is 14.7 Å². The van der Waals surface area contributed by atoms with E-state index in [4.69, 9.17) is 5.11 Å². The molecule has 0 aromatic rings. The van der Waals surface area contributed by atoms with Crippen LogP contribution in [0.3, 0.4) is 0 Å². The minimum absolute atomic E-state index is 0.0881. The van der Waals surface area contributed by atoms with E-state index in [-0.39, 0.29) is 17.6 Å². The Hall–Kier alpha value is -1.30. The van der Waals surface area contributed by atoms with E-state index in [9.17, 15) is 9.59 Å². The van der Waals surface area contributed by atoms with E-state index in [1.165, 1.54) is 6.42 Å². The maximum atomic E-state index is 12.2. The van der Waals surface area contributed by atoms with Crippen LogP contribution < -0.4 is 5.32 Å². The zero-order valence-electron chi connectivity index (χ0n) is 12.6. The van der Waals surface area contributed by atoms with Gasteiger partial charge in [0.1, 0.15) is 0 Å². The number of likely N-dealkylation sites (tertiary alicyclic amines) is 1. The van der Waals surface area contributed by atoms with Crippen molar-refractivity contribution >= 4 is 12.0 Å². The van der Waals surface area contributed by atoms with E-state index in [2.05, 4.69) is 10.2 Å². The fourth-order valence-electron chi connectivity index (χ4n) is 3.27. The summed E-state index contributed by atoms with van der Waals surface area (Å²) >= 11 is 0. The topological polar surface area (TPSA) is 72.9 Å². The molecule has 2 N–H and O–H groups in total. The van der Waals surface area contributed by atoms with Crippen molar-refractivity contribution in [3.8, 4) is 0 Å². The quantitative estimate of drug-likeness (QED) is 0.806. The van der Waals surface area contributed by atoms with E-state index in [0.717, 1.165) is 12.8 Å². The molecule has 1 saturated heterocycles. The lowest BCUT2D eigenvalue weighted by Gasteiger charge is -2.47. The lowest BCUT2D eigenvalue weighted by Crippen LogP contribution is -2.58. The van der Waals surface area contributed by atoms with Crippen LogP contribution >= 0.6 is 0 Å². The van der Waals surface area contributed by atoms with E-state index in [0.29, 0.717) is 19.5 Å². The number of hydrogen-bond acceptors (Lipinski definition) is 3. The Morgan fingerprint density at radius 1 is 1.40 bits per heavy atom. The molecule has 2 unspecified atom stereocenters. The summed E-state index contributed by atoms with van der Waals surface area (Å²) in [5, 5.41) is 12.1. The second kappa shape index (κ2) is 5.60. The molecule has 6 heteroatoms. The second-order valence-electron chi connectivity index (χ2n) is 6.30. The molecule has 2 amide bonds. The summed E-state index contributed by atoms with van der Waals surface area (Å²) in [5.74, 6) is -1.25. The van der Waals surface area contributed by atoms with Gasteiger partial charge in [-0.2, -0.15) is 0 Å². The molecular weight excluding hydrogens is 258 g/mol. The molecule has 2 aliphatic rings. The highest BCUT2D eigenvalue weighted by Gasteiger charge is 2.41. The highest BCUT2D eigenvalue weighted by atomic mass is 16.4. The fourth-order valence-corrected chi connectivity index (χ4v) is 3.27. The first kappa shape index (κ1) is 15.1. The van der Waals surface area contributed by atoms with Gasteiger partial charge in [-0.1, -0.05) is 0 Å². The molecule has 1 aliphatic carbocycles. The molecule has 1 saturated carbocycles. The largest absolute Gasteiger partial charge is 0.481 e. The zero-order chi connectivity index (χ0) is 14.9. The van der Waals surface area contributed by atoms with Crippen LogP contribution in [-0.4, -0.2) is 65.7 Å². The van der Waals surface area contributed by atoms with Crippen molar-refractivity contribution in [1.29, 1.82) is 0 Å². The lowest BCUT2D eigenvalue weighted by atomic mass is 9.75. The van der Waals surface area contributed by atoms with Gasteiger partial charge in [-0.05, 0) is 46.7 Å². The second-order valence-corrected chi connectivity index (χ2v) is 6.30. The van der Waals surface area contributed by atoms with Gasteiger partial charge in [0.15, 0.2) is 0 Å². The van der Waals surface area contributed by atoms with Crippen LogP contribution in [0.15, 0.2) is 0 Å². The number of aliphatic carboxylic acids is 1. The summed E-state index contributed by atoms with van der Waals surface area (Å²) in [7, 11) is 4.09. The third-order valence-corrected chi connectivity index (χ3v) is 5.13. The molecule has 2 fully saturated rings. The Bertz CT molecular complexity index is 393. The molecular formula is C14H25N3O3. The van der Waals surface area contributed by atoms with Crippen molar-refractivity contribution in [2.24, 2.45) is 5.92 Å². The summed E-state index contributed by atoms with van der Waals surface area (Å²) in [4.78, 5) is 27.2. The predicted molar refractivity (Wildman–Crippen MR) is 75.6 cm³/mol. The molecule has 0 radical (unpaired) electrons. The predicted octanol–water partition coefficient (Wildman–Crippen LogP) is 0.975. The highest BCUT2D eigenvalue weighted by molar-refractivity contribution is 5.78. The van der Waals surface area contributed by atoms with Gasteiger partial charge in [0.2, 0.25) is 0 Å². The van der Waals surface area contributed by atoms with Crippen LogP contribution in [0.5, 0.6) is 0 Å².